The smallest absolute Gasteiger partial charge is 0.326 e. The van der Waals surface area contributed by atoms with Gasteiger partial charge in [-0.1, -0.05) is 65.0 Å². The number of hydrogen-bond acceptors (Lipinski definition) is 3. The van der Waals surface area contributed by atoms with E-state index in [2.05, 4.69) is 33.1 Å². The van der Waals surface area contributed by atoms with E-state index in [1.54, 1.807) is 36.4 Å². The Labute approximate surface area is 195 Å². The van der Waals surface area contributed by atoms with Crippen molar-refractivity contribution < 1.29 is 19.5 Å². The highest BCUT2D eigenvalue weighted by Crippen LogP contribution is 2.23. The van der Waals surface area contributed by atoms with E-state index in [0.717, 1.165) is 21.2 Å². The fourth-order valence-corrected chi connectivity index (χ4v) is 3.01. The number of amides is 2. The number of carbonyl (C=O) groups excluding carboxylic acids is 2. The second-order valence-corrected chi connectivity index (χ2v) is 7.96. The van der Waals surface area contributed by atoms with E-state index in [4.69, 9.17) is 0 Å². The predicted molar refractivity (Wildman–Crippen MR) is 129 cm³/mol. The zero-order chi connectivity index (χ0) is 23.7. The van der Waals surface area contributed by atoms with Gasteiger partial charge in [0.15, 0.2) is 0 Å². The van der Waals surface area contributed by atoms with Gasteiger partial charge in [0.05, 0.1) is 6.42 Å². The van der Waals surface area contributed by atoms with Crippen LogP contribution in [0.3, 0.4) is 0 Å². The van der Waals surface area contributed by atoms with Crippen LogP contribution in [0, 0.1) is 6.92 Å². The molecule has 2 rings (SSSR count). The molecule has 0 fully saturated rings. The highest BCUT2D eigenvalue weighted by Gasteiger charge is 2.24. The lowest BCUT2D eigenvalue weighted by Gasteiger charge is -2.15. The van der Waals surface area contributed by atoms with Crippen molar-refractivity contribution in [3.63, 3.8) is 0 Å². The molecule has 0 spiro atoms. The second kappa shape index (κ2) is 11.8. The summed E-state index contributed by atoms with van der Waals surface area (Å²) < 4.78 is 0.803. The van der Waals surface area contributed by atoms with Crippen LogP contribution in [0.1, 0.15) is 29.3 Å². The molecule has 6 nitrogen and oxygen atoms in total. The topological polar surface area (TPSA) is 95.5 Å². The summed E-state index contributed by atoms with van der Waals surface area (Å²) in [5, 5.41) is 14.3. The van der Waals surface area contributed by atoms with Crippen molar-refractivity contribution in [2.75, 3.05) is 0 Å². The molecule has 2 amide bonds. The second-order valence-electron chi connectivity index (χ2n) is 7.04. The zero-order valence-corrected chi connectivity index (χ0v) is 19.5. The quantitative estimate of drug-likeness (QED) is 0.437. The van der Waals surface area contributed by atoms with E-state index in [-0.39, 0.29) is 0 Å². The number of rotatable bonds is 9. The number of halogens is 1. The third-order valence-corrected chi connectivity index (χ3v) is 5.34. The fraction of sp³-hybridized carbons (Fsp3) is 0.160. The van der Waals surface area contributed by atoms with E-state index >= 15 is 0 Å². The summed E-state index contributed by atoms with van der Waals surface area (Å²) >= 11 is 3.30. The molecule has 7 heteroatoms. The Hall–Kier alpha value is -3.45. The van der Waals surface area contributed by atoms with Gasteiger partial charge in [0, 0.05) is 15.7 Å². The number of aliphatic carboxylic acids is 1. The number of hydrogen-bond donors (Lipinski definition) is 3. The molecule has 0 aliphatic rings. The number of allylic oxidation sites excluding steroid dienone is 4. The maximum Gasteiger partial charge on any atom is 0.326 e. The minimum atomic E-state index is -1.38. The molecule has 1 atom stereocenters. The lowest BCUT2D eigenvalue weighted by molar-refractivity contribution is -0.141. The first-order chi connectivity index (χ1) is 15.2. The Balaban J connectivity index is 2.01. The number of carboxylic acids is 1. The van der Waals surface area contributed by atoms with E-state index < -0.39 is 30.2 Å². The average Bonchev–Trinajstić information content (AvgIpc) is 2.77. The Bertz CT molecular complexity index is 1070. The lowest BCUT2D eigenvalue weighted by atomic mass is 9.99. The molecule has 32 heavy (non-hydrogen) atoms. The van der Waals surface area contributed by atoms with Crippen LogP contribution in [0.15, 0.2) is 83.5 Å². The van der Waals surface area contributed by atoms with Gasteiger partial charge in [-0.25, -0.2) is 4.79 Å². The molecule has 0 bridgehead atoms. The monoisotopic (exact) mass is 496 g/mol. The molecular formula is C25H25BrN2O4. The van der Waals surface area contributed by atoms with Crippen LogP contribution in [-0.4, -0.2) is 28.9 Å². The molecule has 0 saturated heterocycles. The fourth-order valence-electron chi connectivity index (χ4n) is 2.87. The zero-order valence-electron chi connectivity index (χ0n) is 17.9. The standard InChI is InChI=1S/C25H25BrN2O4/c1-4-20(26)14-9-17(3)27-23(29)15-22(25(31)32)28-24(30)19-12-10-18(11-13-19)21-8-6-5-7-16(21)2/h4-14,22H,3,15H2,1-2H3,(H,27,29)(H,28,30)(H,31,32)/b14-9-,20-4+. The third kappa shape index (κ3) is 7.35. The van der Waals surface area contributed by atoms with E-state index in [9.17, 15) is 19.5 Å². The molecule has 0 radical (unpaired) electrons. The van der Waals surface area contributed by atoms with Gasteiger partial charge < -0.3 is 15.7 Å². The van der Waals surface area contributed by atoms with Gasteiger partial charge in [-0.3, -0.25) is 9.59 Å². The van der Waals surface area contributed by atoms with Crippen molar-refractivity contribution >= 4 is 33.7 Å². The maximum atomic E-state index is 12.5. The highest BCUT2D eigenvalue weighted by molar-refractivity contribution is 9.11. The molecule has 0 aliphatic heterocycles. The Morgan fingerprint density at radius 3 is 2.34 bits per heavy atom. The molecular weight excluding hydrogens is 472 g/mol. The van der Waals surface area contributed by atoms with Gasteiger partial charge >= 0.3 is 5.97 Å². The largest absolute Gasteiger partial charge is 0.480 e. The van der Waals surface area contributed by atoms with Crippen LogP contribution in [0.4, 0.5) is 0 Å². The van der Waals surface area contributed by atoms with Gasteiger partial charge in [-0.05, 0) is 54.8 Å². The molecule has 0 heterocycles. The highest BCUT2D eigenvalue weighted by atomic mass is 79.9. The SMILES string of the molecule is C=C(/C=C\C(Br)=C/C)NC(=O)CC(NC(=O)c1ccc(-c2ccccc2C)cc1)C(=O)O. The van der Waals surface area contributed by atoms with Crippen LogP contribution in [0.5, 0.6) is 0 Å². The lowest BCUT2D eigenvalue weighted by Crippen LogP contribution is -2.44. The van der Waals surface area contributed by atoms with Crippen LogP contribution in [0.25, 0.3) is 11.1 Å². The van der Waals surface area contributed by atoms with Crippen molar-refractivity contribution in [1.82, 2.24) is 10.6 Å². The summed E-state index contributed by atoms with van der Waals surface area (Å²) in [5.74, 6) is -2.45. The van der Waals surface area contributed by atoms with Crippen molar-refractivity contribution in [3.05, 3.63) is 94.6 Å². The number of nitrogens with one attached hydrogen (secondary N) is 2. The van der Waals surface area contributed by atoms with Gasteiger partial charge in [-0.2, -0.15) is 0 Å². The molecule has 1 unspecified atom stereocenters. The summed E-state index contributed by atoms with van der Waals surface area (Å²) in [6.07, 6.45) is 4.65. The normalized spacial score (nSPS) is 12.3. The van der Waals surface area contributed by atoms with Crippen LogP contribution in [-0.2, 0) is 9.59 Å². The number of carbonyl (C=O) groups is 3. The molecule has 2 aromatic rings. The van der Waals surface area contributed by atoms with Gasteiger partial charge in [0.2, 0.25) is 5.91 Å². The summed E-state index contributed by atoms with van der Waals surface area (Å²) in [6, 6.07) is 13.4. The third-order valence-electron chi connectivity index (χ3n) is 4.62. The maximum absolute atomic E-state index is 12.5. The Morgan fingerprint density at radius 2 is 1.75 bits per heavy atom. The first-order valence-corrected chi connectivity index (χ1v) is 10.7. The minimum absolute atomic E-state index is 0.302. The van der Waals surface area contributed by atoms with E-state index in [1.165, 1.54) is 0 Å². The van der Waals surface area contributed by atoms with Crippen molar-refractivity contribution in [1.29, 1.82) is 0 Å². The van der Waals surface area contributed by atoms with Crippen molar-refractivity contribution in [3.8, 4) is 11.1 Å². The minimum Gasteiger partial charge on any atom is -0.480 e. The van der Waals surface area contributed by atoms with Crippen molar-refractivity contribution in [2.45, 2.75) is 26.3 Å². The van der Waals surface area contributed by atoms with E-state index in [1.807, 2.05) is 44.2 Å². The van der Waals surface area contributed by atoms with Gasteiger partial charge in [-0.15, -0.1) is 0 Å². The molecule has 166 valence electrons. The first kappa shape index (κ1) is 24.8. The van der Waals surface area contributed by atoms with Gasteiger partial charge in [0.1, 0.15) is 6.04 Å². The molecule has 3 N–H and O–H groups in total. The number of aryl methyl sites for hydroxylation is 1. The average molecular weight is 497 g/mol. The van der Waals surface area contributed by atoms with Crippen molar-refractivity contribution in [2.24, 2.45) is 0 Å². The molecule has 0 aliphatic carbocycles. The summed E-state index contributed by atoms with van der Waals surface area (Å²) in [4.78, 5) is 36.3. The summed E-state index contributed by atoms with van der Waals surface area (Å²) in [5.41, 5.74) is 3.71. The number of benzene rings is 2. The van der Waals surface area contributed by atoms with Crippen LogP contribution in [0.2, 0.25) is 0 Å². The Morgan fingerprint density at radius 1 is 1.09 bits per heavy atom. The molecule has 0 saturated carbocycles. The van der Waals surface area contributed by atoms with Gasteiger partial charge in [0.25, 0.3) is 5.91 Å². The van der Waals surface area contributed by atoms with E-state index in [0.29, 0.717) is 11.3 Å². The predicted octanol–water partition coefficient (Wildman–Crippen LogP) is 4.72. The number of carboxylic acid groups (broad SMARTS) is 1. The van der Waals surface area contributed by atoms with Crippen LogP contribution >= 0.6 is 15.9 Å². The first-order valence-electron chi connectivity index (χ1n) is 9.89. The summed E-state index contributed by atoms with van der Waals surface area (Å²) in [6.45, 7) is 7.54. The van der Waals surface area contributed by atoms with Crippen LogP contribution < -0.4 is 10.6 Å². The molecule has 2 aromatic carbocycles. The Kier molecular flexibility index (Phi) is 9.16. The summed E-state index contributed by atoms with van der Waals surface area (Å²) in [7, 11) is 0. The molecule has 0 aromatic heterocycles.